The van der Waals surface area contributed by atoms with Crippen LogP contribution in [0.15, 0.2) is 28.8 Å². The van der Waals surface area contributed by atoms with Gasteiger partial charge in [0.25, 0.3) is 5.89 Å². The lowest BCUT2D eigenvalue weighted by molar-refractivity contribution is -0.0500. The molecule has 0 aliphatic heterocycles. The Balaban J connectivity index is 2.20. The zero-order valence-corrected chi connectivity index (χ0v) is 13.2. The third kappa shape index (κ3) is 4.85. The average molecular weight is 323 g/mol. The molecule has 1 aromatic heterocycles. The topological polar surface area (TPSA) is 60.2 Å². The molecule has 0 saturated heterocycles. The summed E-state index contributed by atoms with van der Waals surface area (Å²) in [5.41, 5.74) is 1.24. The monoisotopic (exact) mass is 323 g/mol. The number of rotatable bonds is 7. The normalized spacial score (nSPS) is 13.4. The summed E-state index contributed by atoms with van der Waals surface area (Å²) in [5, 5.41) is 6.99. The minimum Gasteiger partial charge on any atom is -0.434 e. The smallest absolute Gasteiger partial charge is 0.387 e. The maximum Gasteiger partial charge on any atom is 0.387 e. The second kappa shape index (κ2) is 7.82. The van der Waals surface area contributed by atoms with Crippen LogP contribution in [-0.4, -0.2) is 29.8 Å². The van der Waals surface area contributed by atoms with Gasteiger partial charge >= 0.3 is 6.61 Å². The second-order valence-electron chi connectivity index (χ2n) is 5.14. The van der Waals surface area contributed by atoms with Gasteiger partial charge in [-0.1, -0.05) is 23.4 Å². The first-order chi connectivity index (χ1) is 11.0. The van der Waals surface area contributed by atoms with Gasteiger partial charge in [0.15, 0.2) is 5.82 Å². The summed E-state index contributed by atoms with van der Waals surface area (Å²) in [6.07, 6.45) is 2.28. The number of nitrogens with one attached hydrogen (secondary N) is 1. The molecule has 2 aromatic rings. The largest absolute Gasteiger partial charge is 0.434 e. The van der Waals surface area contributed by atoms with Crippen molar-refractivity contribution in [2.45, 2.75) is 32.9 Å². The minimum atomic E-state index is -2.87. The third-order valence-electron chi connectivity index (χ3n) is 3.33. The summed E-state index contributed by atoms with van der Waals surface area (Å²) >= 11 is 0. The molecule has 124 valence electrons. The van der Waals surface area contributed by atoms with Crippen LogP contribution in [0.1, 0.15) is 31.1 Å². The van der Waals surface area contributed by atoms with Gasteiger partial charge in [-0.05, 0) is 32.5 Å². The highest BCUT2D eigenvalue weighted by atomic mass is 19.3. The number of benzene rings is 1. The summed E-state index contributed by atoms with van der Waals surface area (Å²) < 4.78 is 34.6. The maximum absolute atomic E-state index is 12.5. The molecule has 0 aliphatic carbocycles. The molecule has 0 aliphatic rings. The van der Waals surface area contributed by atoms with Crippen LogP contribution < -0.4 is 10.1 Å². The van der Waals surface area contributed by atoms with E-state index >= 15 is 0 Å². The van der Waals surface area contributed by atoms with Crippen LogP contribution in [0.3, 0.4) is 0 Å². The van der Waals surface area contributed by atoms with Gasteiger partial charge in [-0.25, -0.2) is 0 Å². The van der Waals surface area contributed by atoms with E-state index in [1.807, 2.05) is 14.0 Å². The van der Waals surface area contributed by atoms with Crippen molar-refractivity contribution >= 4 is 11.6 Å². The van der Waals surface area contributed by atoms with Crippen molar-refractivity contribution in [3.63, 3.8) is 0 Å². The molecule has 23 heavy (non-hydrogen) atoms. The van der Waals surface area contributed by atoms with Crippen molar-refractivity contribution in [1.29, 1.82) is 0 Å². The number of para-hydroxylation sites is 1. The molecule has 5 nitrogen and oxygen atoms in total. The highest BCUT2D eigenvalue weighted by Gasteiger charge is 2.12. The fraction of sp³-hybridized carbons (Fsp3) is 0.375. The van der Waals surface area contributed by atoms with Crippen LogP contribution in [0.25, 0.3) is 11.6 Å². The van der Waals surface area contributed by atoms with Gasteiger partial charge in [0.1, 0.15) is 5.75 Å². The Labute approximate surface area is 133 Å². The number of ether oxygens (including phenoxy) is 1. The van der Waals surface area contributed by atoms with Gasteiger partial charge in [0.2, 0.25) is 0 Å². The first-order valence-corrected chi connectivity index (χ1v) is 7.22. The zero-order chi connectivity index (χ0) is 16.8. The predicted molar refractivity (Wildman–Crippen MR) is 83.1 cm³/mol. The maximum atomic E-state index is 12.5. The van der Waals surface area contributed by atoms with Crippen LogP contribution >= 0.6 is 0 Å². The fourth-order valence-electron chi connectivity index (χ4n) is 2.04. The predicted octanol–water partition coefficient (Wildman–Crippen LogP) is 3.38. The lowest BCUT2D eigenvalue weighted by Crippen LogP contribution is -2.24. The fourth-order valence-corrected chi connectivity index (χ4v) is 2.04. The first-order valence-electron chi connectivity index (χ1n) is 7.22. The number of likely N-dealkylation sites (N-methyl/N-ethyl adjacent to an activating group) is 1. The Kier molecular flexibility index (Phi) is 5.81. The van der Waals surface area contributed by atoms with E-state index in [2.05, 4.69) is 20.2 Å². The van der Waals surface area contributed by atoms with Crippen molar-refractivity contribution < 1.29 is 18.0 Å². The average Bonchev–Trinajstić information content (AvgIpc) is 2.94. The van der Waals surface area contributed by atoms with E-state index in [0.717, 1.165) is 0 Å². The summed E-state index contributed by atoms with van der Waals surface area (Å²) in [6, 6.07) is 6.80. The number of hydrogen-bond acceptors (Lipinski definition) is 5. The van der Waals surface area contributed by atoms with E-state index in [9.17, 15) is 8.78 Å². The number of halogens is 2. The molecule has 0 radical (unpaired) electrons. The first kappa shape index (κ1) is 17.1. The molecule has 1 N–H and O–H groups in total. The summed E-state index contributed by atoms with van der Waals surface area (Å²) in [7, 11) is 1.86. The molecule has 7 heteroatoms. The van der Waals surface area contributed by atoms with E-state index in [4.69, 9.17) is 4.52 Å². The van der Waals surface area contributed by atoms with Gasteiger partial charge in [-0.15, -0.1) is 0 Å². The number of alkyl halides is 2. The van der Waals surface area contributed by atoms with Crippen molar-refractivity contribution in [1.82, 2.24) is 15.5 Å². The van der Waals surface area contributed by atoms with E-state index in [-0.39, 0.29) is 11.8 Å². The van der Waals surface area contributed by atoms with Crippen molar-refractivity contribution in [3.8, 4) is 5.75 Å². The van der Waals surface area contributed by atoms with E-state index < -0.39 is 6.61 Å². The van der Waals surface area contributed by atoms with Crippen LogP contribution in [0.2, 0.25) is 0 Å². The molecule has 1 unspecified atom stereocenters. The molecule has 0 spiro atoms. The van der Waals surface area contributed by atoms with E-state index in [0.29, 0.717) is 29.3 Å². The number of nitrogens with zero attached hydrogens (tertiary/aromatic N) is 2. The summed E-state index contributed by atoms with van der Waals surface area (Å²) in [5.74, 6) is 1.02. The van der Waals surface area contributed by atoms with Gasteiger partial charge in [-0.3, -0.25) is 0 Å². The molecule has 1 aromatic carbocycles. The van der Waals surface area contributed by atoms with Crippen LogP contribution in [0, 0.1) is 0 Å². The van der Waals surface area contributed by atoms with Crippen LogP contribution in [0.5, 0.6) is 5.75 Å². The number of aromatic nitrogens is 2. The van der Waals surface area contributed by atoms with Crippen molar-refractivity contribution in [2.24, 2.45) is 0 Å². The molecule has 0 bridgehead atoms. The van der Waals surface area contributed by atoms with E-state index in [1.54, 1.807) is 31.2 Å². The highest BCUT2D eigenvalue weighted by Crippen LogP contribution is 2.28. The molecule has 2 rings (SSSR count). The minimum absolute atomic E-state index is 0.111. The summed E-state index contributed by atoms with van der Waals surface area (Å²) in [4.78, 5) is 4.27. The van der Waals surface area contributed by atoms with Gasteiger partial charge in [0.05, 0.1) is 0 Å². The quantitative estimate of drug-likeness (QED) is 0.846. The molecular weight excluding hydrogens is 304 g/mol. The molecule has 1 heterocycles. The Morgan fingerprint density at radius 3 is 2.83 bits per heavy atom. The third-order valence-corrected chi connectivity index (χ3v) is 3.33. The Morgan fingerprint density at radius 1 is 1.39 bits per heavy atom. The zero-order valence-electron chi connectivity index (χ0n) is 13.2. The van der Waals surface area contributed by atoms with Crippen molar-refractivity contribution in [3.05, 3.63) is 41.5 Å². The number of hydrogen-bond donors (Lipinski definition) is 1. The van der Waals surface area contributed by atoms with Crippen LogP contribution in [0.4, 0.5) is 8.78 Å². The highest BCUT2D eigenvalue weighted by molar-refractivity contribution is 5.80. The van der Waals surface area contributed by atoms with E-state index in [1.165, 1.54) is 6.07 Å². The Morgan fingerprint density at radius 2 is 2.13 bits per heavy atom. The summed E-state index contributed by atoms with van der Waals surface area (Å²) in [6.45, 7) is 0.907. The molecule has 1 atom stereocenters. The van der Waals surface area contributed by atoms with Gasteiger partial charge in [-0.2, -0.15) is 13.8 Å². The Hall–Kier alpha value is -2.28. The SMILES string of the molecule is CNC(C)Cc1noc(/C=C(/C)c2ccccc2OC(F)F)n1. The molecule has 0 fully saturated rings. The standard InChI is InChI=1S/C16H19F2N3O2/c1-10(12-6-4-5-7-13(12)22-16(17)18)8-15-20-14(21-23-15)9-11(2)19-3/h4-8,11,16,19H,9H2,1-3H3/b10-8-. The van der Waals surface area contributed by atoms with Crippen LogP contribution in [-0.2, 0) is 6.42 Å². The molecular formula is C16H19F2N3O2. The van der Waals surface area contributed by atoms with Gasteiger partial charge < -0.3 is 14.6 Å². The second-order valence-corrected chi connectivity index (χ2v) is 5.14. The Bertz CT molecular complexity index is 671. The van der Waals surface area contributed by atoms with Crippen molar-refractivity contribution in [2.75, 3.05) is 7.05 Å². The molecule has 0 saturated carbocycles. The number of allylic oxidation sites excluding steroid dienone is 1. The lowest BCUT2D eigenvalue weighted by atomic mass is 10.1. The lowest BCUT2D eigenvalue weighted by Gasteiger charge is -2.10. The van der Waals surface area contributed by atoms with Gasteiger partial charge in [0, 0.05) is 24.1 Å². The molecule has 0 amide bonds.